The molecule has 4 saturated heterocycles. The number of hydrogen-bond acceptors (Lipinski definition) is 8. The number of amides is 4. The fourth-order valence-corrected chi connectivity index (χ4v) is 8.67. The normalized spacial score (nSPS) is 21.0. The lowest BCUT2D eigenvalue weighted by atomic mass is 9.92. The van der Waals surface area contributed by atoms with Gasteiger partial charge in [-0.2, -0.15) is 5.26 Å². The van der Waals surface area contributed by atoms with E-state index in [9.17, 15) is 19.2 Å². The van der Waals surface area contributed by atoms with Crippen LogP contribution in [0.15, 0.2) is 60.7 Å². The molecule has 8 rings (SSSR count). The average Bonchev–Trinajstić information content (AvgIpc) is 3.52. The van der Waals surface area contributed by atoms with Crippen LogP contribution in [-0.2, 0) is 16.1 Å². The van der Waals surface area contributed by atoms with Gasteiger partial charge in [-0.05, 0) is 79.3 Å². The number of likely N-dealkylation sites (tertiary alicyclic amines) is 2. The van der Waals surface area contributed by atoms with Crippen molar-refractivity contribution in [2.45, 2.75) is 57.2 Å². The SMILES string of the molecule is N#Cc1ccc(OC2CCN(C(=O)c3ccc(N4CCC(CN5CC(C#Cc6cccc7c6CN(C6CCC(=O)NC6=O)C7=O)C5)CC4)cc3)CC2)cc1Cl. The van der Waals surface area contributed by atoms with Crippen molar-refractivity contribution < 1.29 is 23.9 Å². The third-order valence-corrected chi connectivity index (χ3v) is 12.0. The number of fused-ring (bicyclic) bond motifs is 1. The van der Waals surface area contributed by atoms with Gasteiger partial charge in [0.25, 0.3) is 11.8 Å². The summed E-state index contributed by atoms with van der Waals surface area (Å²) in [6, 6.07) is 20.1. The van der Waals surface area contributed by atoms with Gasteiger partial charge < -0.3 is 24.3 Å². The van der Waals surface area contributed by atoms with Gasteiger partial charge in [-0.3, -0.25) is 24.5 Å². The maximum absolute atomic E-state index is 13.3. The van der Waals surface area contributed by atoms with E-state index >= 15 is 0 Å². The summed E-state index contributed by atoms with van der Waals surface area (Å²) in [6.45, 7) is 6.50. The van der Waals surface area contributed by atoms with Gasteiger partial charge in [0.15, 0.2) is 0 Å². The van der Waals surface area contributed by atoms with Crippen LogP contribution in [0.25, 0.3) is 0 Å². The molecule has 1 N–H and O–H groups in total. The standard InChI is InChI=1S/C43H43ClN6O5/c44-38-22-35(11-8-32(38)23-45)55-34-16-20-49(21-17-34)42(53)31-6-9-33(10-7-31)48-18-14-28(15-19-48)24-47-25-29(26-47)4-5-30-2-1-3-36-37(30)27-50(43(36)54)39-12-13-40(51)46-41(39)52/h1-3,6-11,22,28-29,34,39H,12-21,24-27H2,(H,46,51,52). The van der Waals surface area contributed by atoms with Gasteiger partial charge >= 0.3 is 0 Å². The topological polar surface area (TPSA) is 126 Å². The number of halogens is 1. The highest BCUT2D eigenvalue weighted by Crippen LogP contribution is 2.31. The van der Waals surface area contributed by atoms with E-state index in [4.69, 9.17) is 21.6 Å². The van der Waals surface area contributed by atoms with E-state index in [1.807, 2.05) is 29.2 Å². The maximum atomic E-state index is 13.3. The molecular formula is C43H43ClN6O5. The minimum Gasteiger partial charge on any atom is -0.490 e. The van der Waals surface area contributed by atoms with Crippen LogP contribution in [0.5, 0.6) is 5.75 Å². The number of rotatable bonds is 7. The number of nitriles is 1. The Morgan fingerprint density at radius 2 is 1.67 bits per heavy atom. The first-order chi connectivity index (χ1) is 26.7. The Hall–Kier alpha value is -5.36. The van der Waals surface area contributed by atoms with Crippen molar-refractivity contribution in [3.05, 3.63) is 93.5 Å². The number of ether oxygens (including phenoxy) is 1. The summed E-state index contributed by atoms with van der Waals surface area (Å²) >= 11 is 6.15. The molecule has 0 saturated carbocycles. The number of hydrogen-bond donors (Lipinski definition) is 1. The second-order valence-electron chi connectivity index (χ2n) is 15.3. The molecule has 4 fully saturated rings. The summed E-state index contributed by atoms with van der Waals surface area (Å²) in [5, 5.41) is 11.8. The minimum atomic E-state index is -0.631. The Balaban J connectivity index is 0.760. The molecule has 1 unspecified atom stereocenters. The fraction of sp³-hybridized carbons (Fsp3) is 0.419. The van der Waals surface area contributed by atoms with Gasteiger partial charge in [0.2, 0.25) is 11.8 Å². The highest BCUT2D eigenvalue weighted by molar-refractivity contribution is 6.31. The third kappa shape index (κ3) is 7.91. The molecule has 0 radical (unpaired) electrons. The molecule has 0 bridgehead atoms. The van der Waals surface area contributed by atoms with Gasteiger partial charge in [0.05, 0.1) is 10.6 Å². The first-order valence-corrected chi connectivity index (χ1v) is 19.6. The van der Waals surface area contributed by atoms with Crippen molar-refractivity contribution in [3.63, 3.8) is 0 Å². The predicted molar refractivity (Wildman–Crippen MR) is 206 cm³/mol. The zero-order valence-corrected chi connectivity index (χ0v) is 31.4. The summed E-state index contributed by atoms with van der Waals surface area (Å²) in [5.41, 5.74) is 4.56. The van der Waals surface area contributed by atoms with Crippen molar-refractivity contribution in [1.29, 1.82) is 5.26 Å². The summed E-state index contributed by atoms with van der Waals surface area (Å²) < 4.78 is 6.09. The highest BCUT2D eigenvalue weighted by Gasteiger charge is 2.40. The van der Waals surface area contributed by atoms with Crippen LogP contribution in [0.1, 0.15) is 75.9 Å². The number of nitrogens with zero attached hydrogens (tertiary/aromatic N) is 5. The Kier molecular flexibility index (Phi) is 10.5. The smallest absolute Gasteiger partial charge is 0.255 e. The van der Waals surface area contributed by atoms with Crippen LogP contribution in [0, 0.1) is 35.0 Å². The minimum absolute atomic E-state index is 0.00707. The van der Waals surface area contributed by atoms with E-state index in [0.29, 0.717) is 59.4 Å². The second-order valence-corrected chi connectivity index (χ2v) is 15.7. The van der Waals surface area contributed by atoms with Crippen molar-refractivity contribution in [1.82, 2.24) is 20.0 Å². The summed E-state index contributed by atoms with van der Waals surface area (Å²) in [4.78, 5) is 58.9. The quantitative estimate of drug-likeness (QED) is 0.268. The number of nitrogens with one attached hydrogen (secondary N) is 1. The van der Waals surface area contributed by atoms with Crippen molar-refractivity contribution >= 4 is 40.9 Å². The van der Waals surface area contributed by atoms with Gasteiger partial charge in [-0.15, -0.1) is 0 Å². The summed E-state index contributed by atoms with van der Waals surface area (Å²) in [7, 11) is 0. The molecule has 4 amide bonds. The van der Waals surface area contributed by atoms with Crippen LogP contribution in [0.4, 0.5) is 5.69 Å². The number of anilines is 1. The molecule has 0 spiro atoms. The third-order valence-electron chi connectivity index (χ3n) is 11.7. The van der Waals surface area contributed by atoms with Crippen LogP contribution in [0.3, 0.4) is 0 Å². The first kappa shape index (κ1) is 36.6. The van der Waals surface area contributed by atoms with Gasteiger partial charge in [-0.1, -0.05) is 29.5 Å². The zero-order chi connectivity index (χ0) is 38.1. The van der Waals surface area contributed by atoms with E-state index in [1.54, 1.807) is 29.2 Å². The first-order valence-electron chi connectivity index (χ1n) is 19.2. The molecule has 3 aromatic rings. The molecule has 3 aromatic carbocycles. The van der Waals surface area contributed by atoms with Crippen LogP contribution >= 0.6 is 11.6 Å². The van der Waals surface area contributed by atoms with Crippen molar-refractivity contribution in [3.8, 4) is 23.7 Å². The van der Waals surface area contributed by atoms with Crippen molar-refractivity contribution in [2.75, 3.05) is 50.7 Å². The summed E-state index contributed by atoms with van der Waals surface area (Å²) in [6.07, 6.45) is 4.27. The average molecular weight is 759 g/mol. The number of piperidine rings is 3. The number of carbonyl (C=O) groups is 4. The molecule has 12 heteroatoms. The van der Waals surface area contributed by atoms with Gasteiger partial charge in [0, 0.05) is 106 Å². The molecule has 0 aromatic heterocycles. The number of carbonyl (C=O) groups excluding carboxylic acids is 4. The van der Waals surface area contributed by atoms with Crippen LogP contribution < -0.4 is 15.0 Å². The van der Waals surface area contributed by atoms with E-state index in [-0.39, 0.29) is 36.2 Å². The predicted octanol–water partition coefficient (Wildman–Crippen LogP) is 4.86. The Bertz CT molecular complexity index is 2100. The lowest BCUT2D eigenvalue weighted by Gasteiger charge is -2.41. The molecule has 11 nitrogen and oxygen atoms in total. The molecule has 0 aliphatic carbocycles. The number of imide groups is 1. The van der Waals surface area contributed by atoms with Gasteiger partial charge in [-0.25, -0.2) is 0 Å². The molecular weight excluding hydrogens is 716 g/mol. The zero-order valence-electron chi connectivity index (χ0n) is 30.6. The van der Waals surface area contributed by atoms with E-state index in [2.05, 4.69) is 45.2 Å². The number of benzene rings is 3. The van der Waals surface area contributed by atoms with E-state index in [1.165, 1.54) is 0 Å². The molecule has 5 heterocycles. The molecule has 282 valence electrons. The summed E-state index contributed by atoms with van der Waals surface area (Å²) in [5.74, 6) is 7.51. The molecule has 1 atom stereocenters. The highest BCUT2D eigenvalue weighted by atomic mass is 35.5. The Morgan fingerprint density at radius 1 is 0.909 bits per heavy atom. The van der Waals surface area contributed by atoms with E-state index in [0.717, 1.165) is 75.2 Å². The van der Waals surface area contributed by atoms with Crippen LogP contribution in [-0.4, -0.2) is 96.3 Å². The maximum Gasteiger partial charge on any atom is 0.255 e. The lowest BCUT2D eigenvalue weighted by molar-refractivity contribution is -0.136. The largest absolute Gasteiger partial charge is 0.490 e. The Morgan fingerprint density at radius 3 is 2.38 bits per heavy atom. The molecule has 5 aliphatic heterocycles. The monoisotopic (exact) mass is 758 g/mol. The molecule has 55 heavy (non-hydrogen) atoms. The molecule has 5 aliphatic rings. The van der Waals surface area contributed by atoms with Gasteiger partial charge in [0.1, 0.15) is 24.0 Å². The fourth-order valence-electron chi connectivity index (χ4n) is 8.46. The Labute approximate surface area is 326 Å². The van der Waals surface area contributed by atoms with E-state index < -0.39 is 11.9 Å². The lowest BCUT2D eigenvalue weighted by Crippen LogP contribution is -2.52. The second kappa shape index (κ2) is 15.8. The van der Waals surface area contributed by atoms with Crippen molar-refractivity contribution in [2.24, 2.45) is 11.8 Å². The van der Waals surface area contributed by atoms with Crippen LogP contribution in [0.2, 0.25) is 5.02 Å².